The highest BCUT2D eigenvalue weighted by Gasteiger charge is 2.26. The number of nitriles is 1. The van der Waals surface area contributed by atoms with E-state index in [1.54, 1.807) is 20.1 Å². The molecular formula is C8H14N2O2S. The summed E-state index contributed by atoms with van der Waals surface area (Å²) in [5.41, 5.74) is -1.00. The smallest absolute Gasteiger partial charge is 0.239 e. The van der Waals surface area contributed by atoms with E-state index < -0.39 is 16.2 Å². The third-order valence-electron chi connectivity index (χ3n) is 1.52. The average Bonchev–Trinajstić information content (AvgIpc) is 2.03. The Morgan fingerprint density at radius 3 is 2.54 bits per heavy atom. The summed E-state index contributed by atoms with van der Waals surface area (Å²) in [5, 5.41) is 11.2. The number of amides is 1. The van der Waals surface area contributed by atoms with Crippen molar-refractivity contribution in [3.63, 3.8) is 0 Å². The minimum Gasteiger partial charge on any atom is -0.354 e. The highest BCUT2D eigenvalue weighted by molar-refractivity contribution is 7.84. The number of nitrogens with one attached hydrogen (secondary N) is 1. The number of carbonyl (C=O) groups excluding carboxylic acids is 1. The van der Waals surface area contributed by atoms with E-state index in [2.05, 4.69) is 5.32 Å². The van der Waals surface area contributed by atoms with E-state index in [4.69, 9.17) is 5.26 Å². The maximum atomic E-state index is 11.2. The molecule has 0 aromatic rings. The molecule has 0 spiro atoms. The molecule has 0 heterocycles. The first-order valence-corrected chi connectivity index (χ1v) is 5.62. The van der Waals surface area contributed by atoms with Gasteiger partial charge < -0.3 is 5.32 Å². The Morgan fingerprint density at radius 2 is 2.15 bits per heavy atom. The topological polar surface area (TPSA) is 70.0 Å². The second-order valence-corrected chi connectivity index (χ2v) is 4.82. The average molecular weight is 202 g/mol. The molecule has 13 heavy (non-hydrogen) atoms. The van der Waals surface area contributed by atoms with Gasteiger partial charge in [-0.25, -0.2) is 0 Å². The van der Waals surface area contributed by atoms with Gasteiger partial charge in [0, 0.05) is 29.4 Å². The molecule has 5 heteroatoms. The number of nitrogens with zero attached hydrogens (tertiary/aromatic N) is 1. The molecule has 0 saturated heterocycles. The molecule has 0 aliphatic carbocycles. The van der Waals surface area contributed by atoms with Crippen LogP contribution in [-0.4, -0.2) is 28.7 Å². The Kier molecular flexibility index (Phi) is 4.63. The van der Waals surface area contributed by atoms with Gasteiger partial charge in [-0.2, -0.15) is 5.26 Å². The molecule has 1 amide bonds. The quantitative estimate of drug-likeness (QED) is 0.699. The standard InChI is InChI=1S/C8H14N2O2S/c1-8(2,6-9)7(11)10-4-5-13(3)12/h4-5H2,1-3H3,(H,10,11). The van der Waals surface area contributed by atoms with Crippen molar-refractivity contribution >= 4 is 16.7 Å². The molecule has 0 aliphatic rings. The molecular weight excluding hydrogens is 188 g/mol. The maximum absolute atomic E-state index is 11.2. The largest absolute Gasteiger partial charge is 0.354 e. The lowest BCUT2D eigenvalue weighted by atomic mass is 9.95. The molecule has 0 aromatic heterocycles. The van der Waals surface area contributed by atoms with Crippen molar-refractivity contribution < 1.29 is 9.00 Å². The molecule has 0 bridgehead atoms. The van der Waals surface area contributed by atoms with Crippen molar-refractivity contribution in [2.45, 2.75) is 13.8 Å². The highest BCUT2D eigenvalue weighted by atomic mass is 32.2. The van der Waals surface area contributed by atoms with Gasteiger partial charge in [0.1, 0.15) is 5.41 Å². The van der Waals surface area contributed by atoms with Crippen LogP contribution in [0.2, 0.25) is 0 Å². The van der Waals surface area contributed by atoms with Gasteiger partial charge in [0.15, 0.2) is 0 Å². The van der Waals surface area contributed by atoms with Crippen LogP contribution in [0, 0.1) is 16.7 Å². The van der Waals surface area contributed by atoms with Crippen LogP contribution < -0.4 is 5.32 Å². The Morgan fingerprint density at radius 1 is 1.62 bits per heavy atom. The van der Waals surface area contributed by atoms with Crippen LogP contribution >= 0.6 is 0 Å². The van der Waals surface area contributed by atoms with Crippen LogP contribution in [0.4, 0.5) is 0 Å². The maximum Gasteiger partial charge on any atom is 0.239 e. The molecule has 0 rings (SSSR count). The van der Waals surface area contributed by atoms with Gasteiger partial charge in [-0.05, 0) is 13.8 Å². The van der Waals surface area contributed by atoms with Gasteiger partial charge in [-0.1, -0.05) is 0 Å². The lowest BCUT2D eigenvalue weighted by molar-refractivity contribution is -0.126. The molecule has 0 aromatic carbocycles. The molecule has 0 radical (unpaired) electrons. The minimum absolute atomic E-state index is 0.319. The molecule has 0 saturated carbocycles. The van der Waals surface area contributed by atoms with E-state index in [0.717, 1.165) is 0 Å². The van der Waals surface area contributed by atoms with Gasteiger partial charge in [0.2, 0.25) is 5.91 Å². The number of hydrogen-bond acceptors (Lipinski definition) is 3. The summed E-state index contributed by atoms with van der Waals surface area (Å²) in [6, 6.07) is 1.89. The number of hydrogen-bond donors (Lipinski definition) is 1. The van der Waals surface area contributed by atoms with Gasteiger partial charge in [-0.15, -0.1) is 0 Å². The molecule has 74 valence electrons. The molecule has 1 unspecified atom stereocenters. The fourth-order valence-corrected chi connectivity index (χ4v) is 0.970. The summed E-state index contributed by atoms with van der Waals surface area (Å²) in [7, 11) is -0.908. The first-order chi connectivity index (χ1) is 5.90. The van der Waals surface area contributed by atoms with Crippen molar-refractivity contribution in [2.75, 3.05) is 18.6 Å². The fraction of sp³-hybridized carbons (Fsp3) is 0.750. The summed E-state index contributed by atoms with van der Waals surface area (Å²) in [4.78, 5) is 11.2. The van der Waals surface area contributed by atoms with E-state index in [1.807, 2.05) is 6.07 Å². The van der Waals surface area contributed by atoms with Crippen molar-refractivity contribution in [1.82, 2.24) is 5.32 Å². The molecule has 1 N–H and O–H groups in total. The Labute approximate surface area is 80.8 Å². The van der Waals surface area contributed by atoms with E-state index in [1.165, 1.54) is 0 Å². The zero-order chi connectivity index (χ0) is 10.5. The van der Waals surface area contributed by atoms with Crippen molar-refractivity contribution in [3.8, 4) is 6.07 Å². The van der Waals surface area contributed by atoms with Crippen molar-refractivity contribution in [1.29, 1.82) is 5.26 Å². The van der Waals surface area contributed by atoms with Crippen molar-refractivity contribution in [3.05, 3.63) is 0 Å². The second-order valence-electron chi connectivity index (χ2n) is 3.27. The molecule has 1 atom stereocenters. The number of rotatable bonds is 4. The Balaban J connectivity index is 3.90. The predicted octanol–water partition coefficient (Wildman–Crippen LogP) is 0.0309. The molecule has 4 nitrogen and oxygen atoms in total. The summed E-state index contributed by atoms with van der Waals surface area (Å²) >= 11 is 0. The lowest BCUT2D eigenvalue weighted by Crippen LogP contribution is -2.37. The van der Waals surface area contributed by atoms with Crippen LogP contribution in [0.5, 0.6) is 0 Å². The molecule has 0 fully saturated rings. The first kappa shape index (κ1) is 12.1. The highest BCUT2D eigenvalue weighted by Crippen LogP contribution is 2.11. The third-order valence-corrected chi connectivity index (χ3v) is 2.30. The van der Waals surface area contributed by atoms with Crippen LogP contribution in [0.1, 0.15) is 13.8 Å². The Bertz CT molecular complexity index is 255. The van der Waals surface area contributed by atoms with Crippen LogP contribution in [-0.2, 0) is 15.6 Å². The summed E-state index contributed by atoms with van der Waals surface area (Å²) in [5.74, 6) is 0.105. The van der Waals surface area contributed by atoms with E-state index >= 15 is 0 Å². The monoisotopic (exact) mass is 202 g/mol. The van der Waals surface area contributed by atoms with E-state index in [9.17, 15) is 9.00 Å². The molecule has 0 aliphatic heterocycles. The van der Waals surface area contributed by atoms with E-state index in [0.29, 0.717) is 12.3 Å². The second kappa shape index (κ2) is 4.97. The normalized spacial score (nSPS) is 13.1. The predicted molar refractivity (Wildman–Crippen MR) is 51.3 cm³/mol. The Hall–Kier alpha value is -0.890. The van der Waals surface area contributed by atoms with Gasteiger partial charge in [-0.3, -0.25) is 9.00 Å². The van der Waals surface area contributed by atoms with Crippen molar-refractivity contribution in [2.24, 2.45) is 5.41 Å². The zero-order valence-corrected chi connectivity index (χ0v) is 8.90. The van der Waals surface area contributed by atoms with Crippen LogP contribution in [0.25, 0.3) is 0 Å². The van der Waals surface area contributed by atoms with Gasteiger partial charge >= 0.3 is 0 Å². The summed E-state index contributed by atoms with van der Waals surface area (Å²) in [6.07, 6.45) is 1.57. The lowest BCUT2D eigenvalue weighted by Gasteiger charge is -2.14. The SMILES string of the molecule is CS(=O)CCNC(=O)C(C)(C)C#N. The van der Waals surface area contributed by atoms with Gasteiger partial charge in [0.25, 0.3) is 0 Å². The number of carbonyl (C=O) groups is 1. The van der Waals surface area contributed by atoms with Crippen LogP contribution in [0.15, 0.2) is 0 Å². The fourth-order valence-electron chi connectivity index (χ4n) is 0.580. The summed E-state index contributed by atoms with van der Waals surface area (Å²) in [6.45, 7) is 3.45. The zero-order valence-electron chi connectivity index (χ0n) is 8.09. The first-order valence-electron chi connectivity index (χ1n) is 3.89. The van der Waals surface area contributed by atoms with Gasteiger partial charge in [0.05, 0.1) is 6.07 Å². The summed E-state index contributed by atoms with van der Waals surface area (Å²) < 4.78 is 10.6. The third kappa shape index (κ3) is 4.63. The van der Waals surface area contributed by atoms with Crippen LogP contribution in [0.3, 0.4) is 0 Å². The van der Waals surface area contributed by atoms with E-state index in [-0.39, 0.29) is 5.91 Å². The minimum atomic E-state index is -1.00.